The van der Waals surface area contributed by atoms with Crippen LogP contribution in [0.5, 0.6) is 0 Å². The summed E-state index contributed by atoms with van der Waals surface area (Å²) >= 11 is 0. The van der Waals surface area contributed by atoms with E-state index < -0.39 is 29.5 Å². The van der Waals surface area contributed by atoms with Crippen molar-refractivity contribution >= 4 is 17.7 Å². The largest absolute Gasteiger partial charge is 0.469 e. The summed E-state index contributed by atoms with van der Waals surface area (Å²) in [6.07, 6.45) is 1.80. The molecule has 2 aliphatic rings. The van der Waals surface area contributed by atoms with Gasteiger partial charge in [-0.25, -0.2) is 4.39 Å². The molecule has 0 spiro atoms. The van der Waals surface area contributed by atoms with Crippen molar-refractivity contribution in [1.29, 1.82) is 0 Å². The molecule has 1 aromatic carbocycles. The van der Waals surface area contributed by atoms with Gasteiger partial charge in [-0.1, -0.05) is 12.1 Å². The van der Waals surface area contributed by atoms with Crippen LogP contribution in [0.3, 0.4) is 0 Å². The number of hydrogen-bond donors (Lipinski definition) is 1. The van der Waals surface area contributed by atoms with Crippen LogP contribution in [0.15, 0.2) is 58.3 Å². The van der Waals surface area contributed by atoms with Gasteiger partial charge in [-0.2, -0.15) is 0 Å². The maximum atomic E-state index is 13.5. The predicted octanol–water partition coefficient (Wildman–Crippen LogP) is 3.21. The molecule has 4 rings (SSSR count). The predicted molar refractivity (Wildman–Crippen MR) is 100 cm³/mol. The highest BCUT2D eigenvalue weighted by atomic mass is 19.1. The van der Waals surface area contributed by atoms with Crippen LogP contribution in [-0.2, 0) is 19.1 Å². The van der Waals surface area contributed by atoms with Crippen LogP contribution in [0, 0.1) is 11.7 Å². The summed E-state index contributed by atoms with van der Waals surface area (Å²) in [6.45, 7) is 1.83. The number of hydrogen-bond acceptors (Lipinski definition) is 5. The summed E-state index contributed by atoms with van der Waals surface area (Å²) in [5.74, 6) is -3.30. The first-order valence-electron chi connectivity index (χ1n) is 9.52. The number of halogens is 1. The first-order chi connectivity index (χ1) is 14.0. The molecule has 1 aliphatic carbocycles. The van der Waals surface area contributed by atoms with Crippen molar-refractivity contribution in [3.8, 4) is 0 Å². The molecule has 1 aliphatic heterocycles. The van der Waals surface area contributed by atoms with Crippen molar-refractivity contribution in [2.75, 3.05) is 6.61 Å². The summed E-state index contributed by atoms with van der Waals surface area (Å²) in [6, 6.07) is 9.11. The van der Waals surface area contributed by atoms with Gasteiger partial charge in [0.25, 0.3) is 0 Å². The molecule has 1 aromatic heterocycles. The van der Waals surface area contributed by atoms with Gasteiger partial charge >= 0.3 is 5.97 Å². The Hall–Kier alpha value is -3.22. The van der Waals surface area contributed by atoms with Crippen LogP contribution < -0.4 is 5.32 Å². The van der Waals surface area contributed by atoms with Crippen LogP contribution in [0.4, 0.5) is 4.39 Å². The Kier molecular flexibility index (Phi) is 5.05. The molecule has 0 fully saturated rings. The second kappa shape index (κ2) is 7.66. The summed E-state index contributed by atoms with van der Waals surface area (Å²) in [5, 5.41) is 2.80. The molecule has 0 bridgehead atoms. The zero-order chi connectivity index (χ0) is 20.5. The smallest absolute Gasteiger partial charge is 0.317 e. The number of nitrogens with one attached hydrogen (secondary N) is 1. The maximum absolute atomic E-state index is 13.5. The average molecular weight is 397 g/mol. The van der Waals surface area contributed by atoms with Gasteiger partial charge in [0.05, 0.1) is 12.9 Å². The van der Waals surface area contributed by atoms with Crippen LogP contribution in [0.1, 0.15) is 42.9 Å². The van der Waals surface area contributed by atoms with Crippen molar-refractivity contribution in [1.82, 2.24) is 5.32 Å². The van der Waals surface area contributed by atoms with E-state index in [9.17, 15) is 18.8 Å². The molecule has 1 amide bonds. The lowest BCUT2D eigenvalue weighted by atomic mass is 9.69. The Labute approximate surface area is 166 Å². The molecule has 0 saturated carbocycles. The molecule has 0 saturated heterocycles. The third-order valence-electron chi connectivity index (χ3n) is 5.45. The number of carbonyl (C=O) groups excluding carboxylic acids is 3. The molecule has 150 valence electrons. The van der Waals surface area contributed by atoms with Crippen LogP contribution in [0.2, 0.25) is 0 Å². The second-order valence-electron chi connectivity index (χ2n) is 7.17. The number of rotatable bonds is 4. The lowest BCUT2D eigenvalue weighted by Gasteiger charge is -2.37. The summed E-state index contributed by atoms with van der Waals surface area (Å²) in [5.41, 5.74) is 1.53. The number of furan rings is 1. The highest BCUT2D eigenvalue weighted by Gasteiger charge is 2.48. The molecule has 2 aromatic rings. The van der Waals surface area contributed by atoms with Crippen LogP contribution >= 0.6 is 0 Å². The van der Waals surface area contributed by atoms with E-state index in [1.807, 2.05) is 0 Å². The minimum Gasteiger partial charge on any atom is -0.469 e. The maximum Gasteiger partial charge on any atom is 0.317 e. The molecule has 3 unspecified atom stereocenters. The molecular formula is C22H20FNO5. The third-order valence-corrected chi connectivity index (χ3v) is 5.45. The van der Waals surface area contributed by atoms with E-state index in [1.165, 1.54) is 18.4 Å². The first-order valence-corrected chi connectivity index (χ1v) is 9.52. The monoisotopic (exact) mass is 397 g/mol. The topological polar surface area (TPSA) is 85.6 Å². The Bertz CT molecular complexity index is 977. The molecule has 29 heavy (non-hydrogen) atoms. The summed E-state index contributed by atoms with van der Waals surface area (Å²) < 4.78 is 24.0. The van der Waals surface area contributed by atoms with Gasteiger partial charge in [0.15, 0.2) is 5.78 Å². The van der Waals surface area contributed by atoms with Crippen molar-refractivity contribution in [3.63, 3.8) is 0 Å². The van der Waals surface area contributed by atoms with Crippen molar-refractivity contribution in [2.45, 2.75) is 31.6 Å². The number of ether oxygens (including phenoxy) is 1. The zero-order valence-corrected chi connectivity index (χ0v) is 15.8. The molecule has 0 radical (unpaired) electrons. The second-order valence-corrected chi connectivity index (χ2v) is 7.17. The van der Waals surface area contributed by atoms with E-state index in [2.05, 4.69) is 5.32 Å². The first kappa shape index (κ1) is 19.1. The van der Waals surface area contributed by atoms with E-state index in [-0.39, 0.29) is 31.1 Å². The molecule has 1 N–H and O–H groups in total. The number of benzene rings is 1. The third kappa shape index (κ3) is 3.48. The number of allylic oxidation sites excluding steroid dienone is 2. The minimum absolute atomic E-state index is 0.0527. The van der Waals surface area contributed by atoms with Crippen LogP contribution in [-0.4, -0.2) is 24.3 Å². The van der Waals surface area contributed by atoms with E-state index in [0.717, 1.165) is 0 Å². The fourth-order valence-electron chi connectivity index (χ4n) is 4.20. The SMILES string of the molecule is CCOC(=O)C1C(=O)C2=C(CC1c1ccco1)NC(=O)CC2c1ccc(F)cc1. The highest BCUT2D eigenvalue weighted by Crippen LogP contribution is 2.45. The van der Waals surface area contributed by atoms with Gasteiger partial charge in [-0.15, -0.1) is 0 Å². The minimum atomic E-state index is -1.06. The average Bonchev–Trinajstić information content (AvgIpc) is 3.22. The van der Waals surface area contributed by atoms with Gasteiger partial charge in [0.2, 0.25) is 5.91 Å². The van der Waals surface area contributed by atoms with E-state index in [4.69, 9.17) is 9.15 Å². The van der Waals surface area contributed by atoms with Gasteiger partial charge in [-0.05, 0) is 43.2 Å². The quantitative estimate of drug-likeness (QED) is 0.633. The fraction of sp³-hybridized carbons (Fsp3) is 0.318. The van der Waals surface area contributed by atoms with Gasteiger partial charge in [0.1, 0.15) is 17.5 Å². The molecule has 7 heteroatoms. The van der Waals surface area contributed by atoms with E-state index >= 15 is 0 Å². The Balaban J connectivity index is 1.80. The lowest BCUT2D eigenvalue weighted by molar-refractivity contribution is -0.152. The fourth-order valence-corrected chi connectivity index (χ4v) is 4.20. The van der Waals surface area contributed by atoms with Gasteiger partial charge in [0, 0.05) is 29.5 Å². The molecular weight excluding hydrogens is 377 g/mol. The number of carbonyl (C=O) groups is 3. The van der Waals surface area contributed by atoms with E-state index in [1.54, 1.807) is 31.2 Å². The molecule has 3 atom stereocenters. The van der Waals surface area contributed by atoms with Crippen LogP contribution in [0.25, 0.3) is 0 Å². The van der Waals surface area contributed by atoms with Gasteiger partial charge in [-0.3, -0.25) is 14.4 Å². The molecule has 2 heterocycles. The Morgan fingerprint density at radius 3 is 2.62 bits per heavy atom. The van der Waals surface area contributed by atoms with Crippen molar-refractivity contribution < 1.29 is 27.9 Å². The summed E-state index contributed by atoms with van der Waals surface area (Å²) in [4.78, 5) is 38.6. The van der Waals surface area contributed by atoms with E-state index in [0.29, 0.717) is 22.6 Å². The molecule has 6 nitrogen and oxygen atoms in total. The number of esters is 1. The Morgan fingerprint density at radius 1 is 1.21 bits per heavy atom. The number of amides is 1. The normalized spacial score (nSPS) is 24.1. The van der Waals surface area contributed by atoms with Crippen molar-refractivity contribution in [3.05, 3.63) is 71.1 Å². The highest BCUT2D eigenvalue weighted by molar-refractivity contribution is 6.12. The standard InChI is InChI=1S/C22H20FNO5/c1-2-28-22(27)20-15(17-4-3-9-29-17)10-16-19(21(20)26)14(11-18(25)24-16)12-5-7-13(23)8-6-12/h3-9,14-15,20H,2,10-11H2,1H3,(H,24,25). The number of Topliss-reactive ketones (excluding diaryl/α,β-unsaturated/α-hetero) is 1. The Morgan fingerprint density at radius 2 is 1.97 bits per heavy atom. The lowest BCUT2D eigenvalue weighted by Crippen LogP contribution is -2.44. The van der Waals surface area contributed by atoms with Gasteiger partial charge < -0.3 is 14.5 Å². The zero-order valence-electron chi connectivity index (χ0n) is 15.8. The summed E-state index contributed by atoms with van der Waals surface area (Å²) in [7, 11) is 0. The number of ketones is 1. The van der Waals surface area contributed by atoms with Crippen molar-refractivity contribution in [2.24, 2.45) is 5.92 Å².